The highest BCUT2D eigenvalue weighted by Gasteiger charge is 2.36. The van der Waals surface area contributed by atoms with Gasteiger partial charge in [0.1, 0.15) is 43.3 Å². The van der Waals surface area contributed by atoms with Gasteiger partial charge in [0.15, 0.2) is 0 Å². The molecule has 2 aliphatic heterocycles. The molecule has 5 unspecified atom stereocenters. The summed E-state index contributed by atoms with van der Waals surface area (Å²) in [6, 6.07) is 16.0. The molecule has 3 aliphatic rings. The summed E-state index contributed by atoms with van der Waals surface area (Å²) in [5.74, 6) is 4.87. The zero-order valence-corrected chi connectivity index (χ0v) is 39.7. The number of aromatic nitrogens is 2. The van der Waals surface area contributed by atoms with Crippen LogP contribution in [0, 0.1) is 11.8 Å². The Hall–Kier alpha value is -4.55. The number of benzene rings is 3. The number of nitrogens with zero attached hydrogens (tertiary/aromatic N) is 3. The maximum atomic E-state index is 13.2. The number of rotatable bonds is 16. The van der Waals surface area contributed by atoms with Crippen molar-refractivity contribution in [3.8, 4) is 34.3 Å². The number of fused-ring (bicyclic) bond motifs is 2. The first-order valence-electron chi connectivity index (χ1n) is 19.5. The van der Waals surface area contributed by atoms with Gasteiger partial charge in [-0.1, -0.05) is 57.4 Å². The number of carboxylic acid groups (broad SMARTS) is 1. The van der Waals surface area contributed by atoms with Crippen molar-refractivity contribution in [1.29, 1.82) is 0 Å². The van der Waals surface area contributed by atoms with Crippen LogP contribution in [0.2, 0.25) is 0 Å². The Morgan fingerprint density at radius 2 is 1.83 bits per heavy atom. The van der Waals surface area contributed by atoms with Crippen LogP contribution in [0.4, 0.5) is 5.69 Å². The summed E-state index contributed by atoms with van der Waals surface area (Å²) < 4.78 is 20.8. The highest BCUT2D eigenvalue weighted by molar-refractivity contribution is 8.76. The minimum atomic E-state index is -1.42. The second kappa shape index (κ2) is 21.9. The van der Waals surface area contributed by atoms with Crippen LogP contribution >= 0.6 is 47.0 Å². The number of carboxylic acids is 1. The standard InChI is InChI=1S/C42H47N6O10P3S2/c1-46(2)26-8-11-29-33(19-26)57-34-20-27(47(3)4)9-12-30(34)38(29)28-10-7-24(18-31(28)41(53)54)39(51)44-15-17-63-62-16-13-36(50)43-14-5-6-25-22-48(42(55)45-40(25)52)37-21-32(49)35(58-37)23-56-61(59)60/h7-12,18-20,22,32,35,37,49H,13-17,21,23,59-60H2,1-4H3,(H3-,43,44,45,50,51,52,53,54,55). The number of hydrogen-bond acceptors (Lipinski definition) is 13. The van der Waals surface area contributed by atoms with E-state index in [0.29, 0.717) is 51.5 Å². The summed E-state index contributed by atoms with van der Waals surface area (Å²) >= 11 is 0. The number of aromatic carboxylic acids is 1. The molecule has 3 aromatic rings. The second-order valence-electron chi connectivity index (χ2n) is 14.7. The Morgan fingerprint density at radius 1 is 1.06 bits per heavy atom. The Kier molecular flexibility index (Phi) is 16.6. The predicted molar refractivity (Wildman–Crippen MR) is 254 cm³/mol. The van der Waals surface area contributed by atoms with Crippen LogP contribution in [-0.2, 0) is 14.1 Å². The molecule has 0 bridgehead atoms. The molecule has 2 amide bonds. The average molecular weight is 953 g/mol. The Bertz CT molecular complexity index is 2750. The zero-order chi connectivity index (χ0) is 45.4. The van der Waals surface area contributed by atoms with E-state index in [1.54, 1.807) is 12.1 Å². The van der Waals surface area contributed by atoms with Crippen LogP contribution < -0.4 is 41.8 Å². The SMILES string of the molecule is CN(C)c1ccc2c(-c3ccc(C(=O)NCCSSCCC(=O)NCC#Cc4cn(C5CC(O)C(COP(P)P)O5)c(=O)[nH]c4=O)cc3C(=O)[O-])c3ccc(=[N+](C)C)cc-3oc2c1. The lowest BCUT2D eigenvalue weighted by Crippen LogP contribution is -2.33. The molecule has 1 saturated heterocycles. The molecule has 5 atom stereocenters. The lowest BCUT2D eigenvalue weighted by atomic mass is 9.89. The van der Waals surface area contributed by atoms with Crippen LogP contribution in [0.3, 0.4) is 0 Å². The number of ether oxygens (including phenoxy) is 1. The van der Waals surface area contributed by atoms with Gasteiger partial charge < -0.3 is 44.2 Å². The van der Waals surface area contributed by atoms with Crippen molar-refractivity contribution in [2.45, 2.75) is 31.3 Å². The number of nitrogens with one attached hydrogen (secondary N) is 3. The van der Waals surface area contributed by atoms with Gasteiger partial charge in [0.25, 0.3) is 11.5 Å². The number of anilines is 1. The lowest BCUT2D eigenvalue weighted by molar-refractivity contribution is -0.254. The number of carbonyl (C=O) groups excluding carboxylic acids is 3. The van der Waals surface area contributed by atoms with Crippen molar-refractivity contribution in [2.75, 3.05) is 64.3 Å². The van der Waals surface area contributed by atoms with Crippen molar-refractivity contribution in [3.63, 3.8) is 0 Å². The molecule has 1 aromatic heterocycles. The Labute approximate surface area is 376 Å². The fourth-order valence-corrected chi connectivity index (χ4v) is 9.43. The van der Waals surface area contributed by atoms with Gasteiger partial charge in [-0.05, 0) is 35.9 Å². The third kappa shape index (κ3) is 12.2. The van der Waals surface area contributed by atoms with Gasteiger partial charge in [-0.25, -0.2) is 9.37 Å². The molecule has 332 valence electrons. The normalized spacial score (nSPS) is 15.9. The number of H-pyrrole nitrogens is 1. The first kappa shape index (κ1) is 47.9. The van der Waals surface area contributed by atoms with E-state index in [9.17, 15) is 34.2 Å². The van der Waals surface area contributed by atoms with E-state index in [-0.39, 0.29) is 48.6 Å². The highest BCUT2D eigenvalue weighted by atomic mass is 33.1. The predicted octanol–water partition coefficient (Wildman–Crippen LogP) is 2.83. The molecule has 1 fully saturated rings. The molecule has 21 heteroatoms. The minimum absolute atomic E-state index is 0.000389. The first-order valence-corrected chi connectivity index (χ1v) is 26.5. The van der Waals surface area contributed by atoms with E-state index < -0.39 is 49.1 Å². The molecule has 0 saturated carbocycles. The largest absolute Gasteiger partial charge is 0.545 e. The smallest absolute Gasteiger partial charge is 0.330 e. The molecular formula is C42H47N6O10P3S2. The molecule has 6 rings (SSSR count). The summed E-state index contributed by atoms with van der Waals surface area (Å²) in [5.41, 5.74) is 1.90. The molecule has 1 aliphatic carbocycles. The van der Waals surface area contributed by atoms with E-state index in [0.717, 1.165) is 11.0 Å². The van der Waals surface area contributed by atoms with Gasteiger partial charge in [-0.2, -0.15) is 0 Å². The van der Waals surface area contributed by atoms with Crippen molar-refractivity contribution >= 4 is 81.4 Å². The number of hydrogen-bond donors (Lipinski definition) is 4. The zero-order valence-electron chi connectivity index (χ0n) is 34.8. The maximum absolute atomic E-state index is 13.2. The van der Waals surface area contributed by atoms with Crippen molar-refractivity contribution in [3.05, 3.63) is 104 Å². The number of aromatic amines is 1. The number of amides is 2. The van der Waals surface area contributed by atoms with E-state index >= 15 is 0 Å². The summed E-state index contributed by atoms with van der Waals surface area (Å²) in [6.07, 6.45) is -0.708. The van der Waals surface area contributed by atoms with Gasteiger partial charge >= 0.3 is 5.69 Å². The molecule has 3 heterocycles. The fraction of sp³-hybridized carbons (Fsp3) is 0.333. The van der Waals surface area contributed by atoms with Gasteiger partial charge in [-0.15, -0.1) is 0 Å². The Morgan fingerprint density at radius 3 is 2.56 bits per heavy atom. The monoisotopic (exact) mass is 952 g/mol. The third-order valence-electron chi connectivity index (χ3n) is 9.93. The topological polar surface area (TPSA) is 211 Å². The summed E-state index contributed by atoms with van der Waals surface area (Å²) in [4.78, 5) is 67.3. The minimum Gasteiger partial charge on any atom is -0.545 e. The van der Waals surface area contributed by atoms with Gasteiger partial charge in [0, 0.05) is 96.6 Å². The Balaban J connectivity index is 0.989. The molecule has 0 radical (unpaired) electrons. The molecular weight excluding hydrogens is 906 g/mol. The van der Waals surface area contributed by atoms with Crippen LogP contribution in [0.5, 0.6) is 0 Å². The van der Waals surface area contributed by atoms with Crippen molar-refractivity contribution in [2.24, 2.45) is 0 Å². The van der Waals surface area contributed by atoms with Crippen LogP contribution in [0.15, 0.2) is 74.8 Å². The lowest BCUT2D eigenvalue weighted by Gasteiger charge is -2.20. The average Bonchev–Trinajstić information content (AvgIpc) is 3.62. The van der Waals surface area contributed by atoms with Gasteiger partial charge in [0.2, 0.25) is 11.3 Å². The fourth-order valence-electron chi connectivity index (χ4n) is 6.70. The van der Waals surface area contributed by atoms with Crippen molar-refractivity contribution in [1.82, 2.24) is 24.8 Å². The van der Waals surface area contributed by atoms with Crippen LogP contribution in [0.1, 0.15) is 45.3 Å². The third-order valence-corrected chi connectivity index (χ3v) is 13.7. The summed E-state index contributed by atoms with van der Waals surface area (Å²) in [5, 5.41) is 30.1. The quantitative estimate of drug-likeness (QED) is 0.0281. The summed E-state index contributed by atoms with van der Waals surface area (Å²) in [6.45, 7) is 0.409. The molecule has 0 spiro atoms. The van der Waals surface area contributed by atoms with Crippen molar-refractivity contribution < 1.29 is 38.3 Å². The molecule has 4 N–H and O–H groups in total. The number of carbonyl (C=O) groups is 3. The van der Waals surface area contributed by atoms with Gasteiger partial charge in [0.05, 0.1) is 38.8 Å². The highest BCUT2D eigenvalue weighted by Crippen LogP contribution is 2.54. The first-order chi connectivity index (χ1) is 30.1. The molecule has 63 heavy (non-hydrogen) atoms. The summed E-state index contributed by atoms with van der Waals surface area (Å²) in [7, 11) is 14.8. The van der Waals surface area contributed by atoms with E-state index in [4.69, 9.17) is 13.7 Å². The number of aliphatic hydroxyl groups is 1. The number of aliphatic hydroxyl groups excluding tert-OH is 1. The van der Waals surface area contributed by atoms with Crippen LogP contribution in [0.25, 0.3) is 33.4 Å². The van der Waals surface area contributed by atoms with E-state index in [1.807, 2.05) is 74.1 Å². The molecule has 2 aromatic carbocycles. The maximum Gasteiger partial charge on any atom is 0.330 e. The second-order valence-corrected chi connectivity index (χ2v) is 23.2. The van der Waals surface area contributed by atoms with E-state index in [2.05, 4.69) is 45.3 Å². The van der Waals surface area contributed by atoms with Gasteiger partial charge in [-0.3, -0.25) is 23.9 Å². The molecule has 16 nitrogen and oxygen atoms in total. The van der Waals surface area contributed by atoms with Crippen LogP contribution in [-0.4, -0.2) is 104 Å². The van der Waals surface area contributed by atoms with E-state index in [1.165, 1.54) is 38.4 Å².